The number of ether oxygens (including phenoxy) is 1. The van der Waals surface area contributed by atoms with Gasteiger partial charge in [-0.05, 0) is 19.9 Å². The van der Waals surface area contributed by atoms with Crippen LogP contribution in [0.5, 0.6) is 6.01 Å². The van der Waals surface area contributed by atoms with Crippen molar-refractivity contribution >= 4 is 23.3 Å². The summed E-state index contributed by atoms with van der Waals surface area (Å²) >= 11 is 0. The lowest BCUT2D eigenvalue weighted by Crippen LogP contribution is -2.47. The minimum absolute atomic E-state index is 0.00555. The normalized spacial score (nSPS) is 23.2. The first kappa shape index (κ1) is 24.5. The van der Waals surface area contributed by atoms with E-state index in [0.29, 0.717) is 23.5 Å². The molecule has 5 rings (SSSR count). The second kappa shape index (κ2) is 9.35. The van der Waals surface area contributed by atoms with Gasteiger partial charge in [0, 0.05) is 30.2 Å². The van der Waals surface area contributed by atoms with Crippen molar-refractivity contribution in [3.8, 4) is 6.01 Å². The molecule has 2 aliphatic rings. The zero-order valence-corrected chi connectivity index (χ0v) is 19.7. The van der Waals surface area contributed by atoms with Crippen LogP contribution in [0, 0.1) is 17.5 Å². The van der Waals surface area contributed by atoms with Gasteiger partial charge >= 0.3 is 12.0 Å². The Morgan fingerprint density at radius 1 is 1.16 bits per heavy atom. The van der Waals surface area contributed by atoms with Crippen molar-refractivity contribution in [2.24, 2.45) is 0 Å². The fraction of sp³-hybridized carbons (Fsp3) is 0.348. The maximum atomic E-state index is 13.6. The number of aromatic nitrogens is 4. The number of amides is 3. The van der Waals surface area contributed by atoms with Gasteiger partial charge in [-0.25, -0.2) is 27.9 Å². The number of carbonyl (C=O) groups excluding carboxylic acids is 2. The van der Waals surface area contributed by atoms with Crippen LogP contribution in [0.2, 0.25) is 0 Å². The van der Waals surface area contributed by atoms with Crippen molar-refractivity contribution in [1.29, 1.82) is 0 Å². The SMILES string of the molecule is C[C@@H]1[C@@H](Oc2ncccn2)[C@H](O)C(=O)N1c1cnn2c1CN(C(=O)Nc1cc(F)c(F)c(F)c1)[C@@H](C)C2. The molecule has 0 aliphatic carbocycles. The number of hydrogen-bond acceptors (Lipinski definition) is 7. The molecule has 11 nitrogen and oxygen atoms in total. The van der Waals surface area contributed by atoms with Crippen LogP contribution in [0.25, 0.3) is 0 Å². The van der Waals surface area contributed by atoms with Gasteiger partial charge in [-0.1, -0.05) is 0 Å². The Morgan fingerprint density at radius 3 is 2.51 bits per heavy atom. The molecule has 0 bridgehead atoms. The summed E-state index contributed by atoms with van der Waals surface area (Å²) in [5, 5.41) is 17.3. The van der Waals surface area contributed by atoms with Gasteiger partial charge in [-0.15, -0.1) is 0 Å². The fourth-order valence-electron chi connectivity index (χ4n) is 4.55. The standard InChI is InChI=1S/C23H22F3N7O4/c1-11-9-32-17(10-31(11)23(36)30-13-6-14(24)18(26)15(25)7-13)16(8-29-32)33-12(2)20(19(34)21(33)35)37-22-27-4-3-5-28-22/h3-8,11-12,19-20,34H,9-10H2,1-2H3,(H,30,36)/t11-,12+,19-,20+/m0/s1. The van der Waals surface area contributed by atoms with Crippen LogP contribution in [-0.4, -0.2) is 66.0 Å². The Hall–Kier alpha value is -4.20. The summed E-state index contributed by atoms with van der Waals surface area (Å²) in [6.45, 7) is 3.71. The lowest BCUT2D eigenvalue weighted by molar-refractivity contribution is -0.126. The predicted molar refractivity (Wildman–Crippen MR) is 122 cm³/mol. The number of rotatable bonds is 4. The average Bonchev–Trinajstić information content (AvgIpc) is 3.35. The van der Waals surface area contributed by atoms with E-state index in [1.165, 1.54) is 28.4 Å². The monoisotopic (exact) mass is 517 g/mol. The third-order valence-corrected chi connectivity index (χ3v) is 6.44. The number of anilines is 2. The Balaban J connectivity index is 1.38. The van der Waals surface area contributed by atoms with Gasteiger partial charge < -0.3 is 25.0 Å². The molecule has 194 valence electrons. The van der Waals surface area contributed by atoms with Gasteiger partial charge in [-0.3, -0.25) is 9.48 Å². The molecule has 2 aromatic heterocycles. The lowest BCUT2D eigenvalue weighted by atomic mass is 10.1. The predicted octanol–water partition coefficient (Wildman–Crippen LogP) is 2.07. The summed E-state index contributed by atoms with van der Waals surface area (Å²) in [5.74, 6) is -5.11. The van der Waals surface area contributed by atoms with Crippen LogP contribution < -0.4 is 15.0 Å². The van der Waals surface area contributed by atoms with Crippen LogP contribution in [0.15, 0.2) is 36.8 Å². The van der Waals surface area contributed by atoms with E-state index >= 15 is 0 Å². The summed E-state index contributed by atoms with van der Waals surface area (Å²) in [6.07, 6.45) is 1.96. The number of hydrogen-bond donors (Lipinski definition) is 2. The summed E-state index contributed by atoms with van der Waals surface area (Å²) < 4.78 is 47.8. The minimum atomic E-state index is -1.63. The Bertz CT molecular complexity index is 1330. The third kappa shape index (κ3) is 4.33. The number of nitrogens with one attached hydrogen (secondary N) is 1. The second-order valence-corrected chi connectivity index (χ2v) is 8.83. The summed E-state index contributed by atoms with van der Waals surface area (Å²) in [6, 6.07) is 1.29. The molecule has 3 amide bonds. The van der Waals surface area contributed by atoms with Gasteiger partial charge in [0.25, 0.3) is 5.91 Å². The van der Waals surface area contributed by atoms with Crippen molar-refractivity contribution in [2.45, 2.75) is 51.2 Å². The fourth-order valence-corrected chi connectivity index (χ4v) is 4.55. The van der Waals surface area contributed by atoms with Crippen molar-refractivity contribution < 1.29 is 32.6 Å². The van der Waals surface area contributed by atoms with Crippen LogP contribution in [0.4, 0.5) is 29.3 Å². The highest BCUT2D eigenvalue weighted by Gasteiger charge is 2.49. The number of urea groups is 1. The number of nitrogens with zero attached hydrogens (tertiary/aromatic N) is 6. The molecule has 1 fully saturated rings. The van der Waals surface area contributed by atoms with Crippen LogP contribution in [-0.2, 0) is 17.9 Å². The van der Waals surface area contributed by atoms with Crippen molar-refractivity contribution in [1.82, 2.24) is 24.6 Å². The number of fused-ring (bicyclic) bond motifs is 1. The molecule has 1 aromatic carbocycles. The lowest BCUT2D eigenvalue weighted by Gasteiger charge is -2.35. The van der Waals surface area contributed by atoms with Gasteiger partial charge in [0.1, 0.15) is 0 Å². The van der Waals surface area contributed by atoms with E-state index in [0.717, 1.165) is 0 Å². The summed E-state index contributed by atoms with van der Waals surface area (Å²) in [7, 11) is 0. The van der Waals surface area contributed by atoms with E-state index in [4.69, 9.17) is 4.74 Å². The van der Waals surface area contributed by atoms with Crippen LogP contribution in [0.1, 0.15) is 19.5 Å². The molecular formula is C23H22F3N7O4. The summed E-state index contributed by atoms with van der Waals surface area (Å²) in [4.78, 5) is 36.7. The zero-order chi connectivity index (χ0) is 26.4. The Labute approximate surface area is 208 Å². The smallest absolute Gasteiger partial charge is 0.322 e. The number of carbonyl (C=O) groups is 2. The zero-order valence-electron chi connectivity index (χ0n) is 19.7. The van der Waals surface area contributed by atoms with Gasteiger partial charge in [0.05, 0.1) is 42.8 Å². The maximum Gasteiger partial charge on any atom is 0.322 e. The van der Waals surface area contributed by atoms with Crippen LogP contribution >= 0.6 is 0 Å². The molecule has 3 aromatic rings. The highest BCUT2D eigenvalue weighted by Crippen LogP contribution is 2.34. The quantitative estimate of drug-likeness (QED) is 0.508. The van der Waals surface area contributed by atoms with E-state index < -0.39 is 47.6 Å². The molecule has 0 saturated carbocycles. The highest BCUT2D eigenvalue weighted by molar-refractivity contribution is 6.01. The molecule has 0 unspecified atom stereocenters. The molecule has 37 heavy (non-hydrogen) atoms. The van der Waals surface area contributed by atoms with Crippen LogP contribution in [0.3, 0.4) is 0 Å². The molecule has 0 spiro atoms. The molecule has 0 radical (unpaired) electrons. The number of aliphatic hydroxyl groups excluding tert-OH is 1. The average molecular weight is 517 g/mol. The molecule has 2 aliphatic heterocycles. The maximum absolute atomic E-state index is 13.6. The number of benzene rings is 1. The topological polar surface area (TPSA) is 126 Å². The molecule has 4 heterocycles. The number of aliphatic hydroxyl groups is 1. The van der Waals surface area contributed by atoms with E-state index in [2.05, 4.69) is 20.4 Å². The molecule has 1 saturated heterocycles. The Morgan fingerprint density at radius 2 is 1.84 bits per heavy atom. The van der Waals surface area contributed by atoms with Crippen molar-refractivity contribution in [2.75, 3.05) is 10.2 Å². The highest BCUT2D eigenvalue weighted by atomic mass is 19.2. The molecular weight excluding hydrogens is 495 g/mol. The summed E-state index contributed by atoms with van der Waals surface area (Å²) in [5.41, 5.74) is 0.636. The minimum Gasteiger partial charge on any atom is -0.455 e. The second-order valence-electron chi connectivity index (χ2n) is 8.83. The molecule has 14 heteroatoms. The largest absolute Gasteiger partial charge is 0.455 e. The van der Waals surface area contributed by atoms with Gasteiger partial charge in [0.15, 0.2) is 29.7 Å². The van der Waals surface area contributed by atoms with Gasteiger partial charge in [-0.2, -0.15) is 5.10 Å². The number of halogens is 3. The first-order chi connectivity index (χ1) is 17.7. The molecule has 2 N–H and O–H groups in total. The molecule has 4 atom stereocenters. The van der Waals surface area contributed by atoms with Gasteiger partial charge in [0.2, 0.25) is 0 Å². The van der Waals surface area contributed by atoms with E-state index in [1.807, 2.05) is 0 Å². The van der Waals surface area contributed by atoms with E-state index in [9.17, 15) is 27.9 Å². The van der Waals surface area contributed by atoms with Crippen molar-refractivity contribution in [3.63, 3.8) is 0 Å². The Kier molecular flexibility index (Phi) is 6.19. The first-order valence-corrected chi connectivity index (χ1v) is 11.4. The first-order valence-electron chi connectivity index (χ1n) is 11.4. The van der Waals surface area contributed by atoms with E-state index in [1.54, 1.807) is 24.6 Å². The van der Waals surface area contributed by atoms with E-state index in [-0.39, 0.29) is 30.8 Å². The third-order valence-electron chi connectivity index (χ3n) is 6.44. The van der Waals surface area contributed by atoms with Crippen molar-refractivity contribution in [3.05, 3.63) is 59.9 Å².